The molecule has 216 valence electrons. The Morgan fingerprint density at radius 3 is 2.55 bits per heavy atom. The van der Waals surface area contributed by atoms with Gasteiger partial charge in [-0.2, -0.15) is 5.10 Å². The number of benzene rings is 2. The van der Waals surface area contributed by atoms with Gasteiger partial charge in [-0.15, -0.1) is 0 Å². The van der Waals surface area contributed by atoms with Gasteiger partial charge >= 0.3 is 0 Å². The summed E-state index contributed by atoms with van der Waals surface area (Å²) in [6.45, 7) is 7.32. The van der Waals surface area contributed by atoms with E-state index < -0.39 is 0 Å². The molecule has 5 aromatic rings. The molecule has 0 aliphatic heterocycles. The predicted molar refractivity (Wildman–Crippen MR) is 171 cm³/mol. The number of aromatic nitrogens is 5. The largest absolute Gasteiger partial charge is 0.372 e. The highest BCUT2D eigenvalue weighted by atomic mass is 16.1. The molecule has 0 fully saturated rings. The molecule has 0 spiro atoms. The molecule has 3 aromatic heterocycles. The maximum atomic E-state index is 12.3. The highest BCUT2D eigenvalue weighted by Crippen LogP contribution is 2.35. The highest BCUT2D eigenvalue weighted by molar-refractivity contribution is 6.02. The summed E-state index contributed by atoms with van der Waals surface area (Å²) in [6, 6.07) is 12.3. The van der Waals surface area contributed by atoms with Gasteiger partial charge < -0.3 is 25.0 Å². The van der Waals surface area contributed by atoms with Gasteiger partial charge in [0.25, 0.3) is 0 Å². The average Bonchev–Trinajstić information content (AvgIpc) is 3.56. The smallest absolute Gasteiger partial charge is 0.247 e. The Bertz CT molecular complexity index is 1770. The van der Waals surface area contributed by atoms with Crippen LogP contribution in [0.5, 0.6) is 0 Å². The summed E-state index contributed by atoms with van der Waals surface area (Å²) in [5.41, 5.74) is 8.52. The number of amides is 1. The van der Waals surface area contributed by atoms with Gasteiger partial charge in [-0.3, -0.25) is 9.48 Å². The van der Waals surface area contributed by atoms with Crippen LogP contribution in [0.2, 0.25) is 0 Å². The highest BCUT2D eigenvalue weighted by Gasteiger charge is 2.16. The van der Waals surface area contributed by atoms with E-state index in [2.05, 4.69) is 72.1 Å². The van der Waals surface area contributed by atoms with Crippen molar-refractivity contribution in [1.29, 1.82) is 0 Å². The van der Waals surface area contributed by atoms with Gasteiger partial charge in [-0.05, 0) is 62.5 Å². The topological polar surface area (TPSA) is 96.1 Å². The maximum Gasteiger partial charge on any atom is 0.247 e. The predicted octanol–water partition coefficient (Wildman–Crippen LogP) is 5.21. The molecule has 0 aliphatic rings. The molecule has 0 atom stereocenters. The van der Waals surface area contributed by atoms with E-state index in [1.54, 1.807) is 10.9 Å². The third kappa shape index (κ3) is 6.03. The first-order valence-electron chi connectivity index (χ1n) is 13.8. The third-order valence-electron chi connectivity index (χ3n) is 7.29. The van der Waals surface area contributed by atoms with Crippen LogP contribution in [0.25, 0.3) is 33.3 Å². The summed E-state index contributed by atoms with van der Waals surface area (Å²) in [5, 5.41) is 11.7. The molecule has 42 heavy (non-hydrogen) atoms. The van der Waals surface area contributed by atoms with Crippen LogP contribution < -0.4 is 15.5 Å². The van der Waals surface area contributed by atoms with E-state index in [-0.39, 0.29) is 5.91 Å². The van der Waals surface area contributed by atoms with Crippen molar-refractivity contribution in [3.05, 3.63) is 79.4 Å². The molecule has 0 saturated heterocycles. The lowest BCUT2D eigenvalue weighted by Gasteiger charge is -2.25. The molecule has 2 N–H and O–H groups in total. The summed E-state index contributed by atoms with van der Waals surface area (Å²) < 4.78 is 3.92. The van der Waals surface area contributed by atoms with Crippen LogP contribution in [0.15, 0.2) is 73.8 Å². The van der Waals surface area contributed by atoms with Crippen LogP contribution in [-0.2, 0) is 18.9 Å². The minimum atomic E-state index is -0.270. The number of fused-ring (bicyclic) bond motifs is 1. The normalized spacial score (nSPS) is 11.2. The third-order valence-corrected chi connectivity index (χ3v) is 7.29. The molecule has 2 aromatic carbocycles. The van der Waals surface area contributed by atoms with Gasteiger partial charge in [0, 0.05) is 80.5 Å². The molecule has 0 aliphatic carbocycles. The van der Waals surface area contributed by atoms with E-state index in [9.17, 15) is 4.79 Å². The Morgan fingerprint density at radius 2 is 1.83 bits per heavy atom. The Balaban J connectivity index is 1.46. The fourth-order valence-corrected chi connectivity index (χ4v) is 4.92. The molecule has 0 bridgehead atoms. The number of hydrogen-bond acceptors (Lipinski definition) is 7. The second kappa shape index (κ2) is 11.9. The average molecular weight is 564 g/mol. The van der Waals surface area contributed by atoms with Gasteiger partial charge in [0.05, 0.1) is 23.3 Å². The Hall–Kier alpha value is -4.96. The van der Waals surface area contributed by atoms with Crippen molar-refractivity contribution in [2.45, 2.75) is 6.92 Å². The molecule has 10 heteroatoms. The van der Waals surface area contributed by atoms with Gasteiger partial charge in [0.1, 0.15) is 0 Å². The van der Waals surface area contributed by atoms with Crippen molar-refractivity contribution in [3.63, 3.8) is 0 Å². The van der Waals surface area contributed by atoms with E-state index in [1.807, 2.05) is 66.7 Å². The lowest BCUT2D eigenvalue weighted by molar-refractivity contribution is -0.111. The summed E-state index contributed by atoms with van der Waals surface area (Å²) >= 11 is 0. The van der Waals surface area contributed by atoms with Crippen molar-refractivity contribution in [2.24, 2.45) is 14.1 Å². The zero-order chi connectivity index (χ0) is 30.0. The number of carbonyl (C=O) groups excluding carboxylic acids is 1. The molecular weight excluding hydrogens is 526 g/mol. The number of nitrogens with one attached hydrogen (secondary N) is 2. The van der Waals surface area contributed by atoms with E-state index in [1.165, 1.54) is 6.08 Å². The lowest BCUT2D eigenvalue weighted by atomic mass is 10.0. The second-order valence-corrected chi connectivity index (χ2v) is 10.8. The summed E-state index contributed by atoms with van der Waals surface area (Å²) in [7, 11) is 10.1. The molecule has 5 rings (SSSR count). The van der Waals surface area contributed by atoms with Gasteiger partial charge in [-0.1, -0.05) is 18.7 Å². The molecule has 0 unspecified atom stereocenters. The first-order chi connectivity index (χ1) is 20.1. The van der Waals surface area contributed by atoms with Crippen LogP contribution in [0.3, 0.4) is 0 Å². The standard InChI is InChI=1S/C32H37N9O/c1-8-31(42)35-28-17-27(21(2)15-30(28)39(5)14-13-38(3)4)37-32-33-12-11-26(36-32)25-20-40(6)29-16-22(9-10-24(25)29)23-18-34-41(7)19-23/h8-12,15-20H,1,13-14H2,2-7H3,(H,35,42)(H,33,36,37). The number of anilines is 4. The number of likely N-dealkylation sites (N-methyl/N-ethyl adjacent to an activating group) is 2. The number of hydrogen-bond donors (Lipinski definition) is 2. The number of aryl methyl sites for hydroxylation is 3. The van der Waals surface area contributed by atoms with Crippen LogP contribution in [-0.4, -0.2) is 69.4 Å². The fourth-order valence-electron chi connectivity index (χ4n) is 4.92. The van der Waals surface area contributed by atoms with Gasteiger partial charge in [0.2, 0.25) is 11.9 Å². The minimum Gasteiger partial charge on any atom is -0.372 e. The van der Waals surface area contributed by atoms with Crippen molar-refractivity contribution in [1.82, 2.24) is 29.2 Å². The maximum absolute atomic E-state index is 12.3. The quantitative estimate of drug-likeness (QED) is 0.225. The molecule has 0 saturated carbocycles. The lowest BCUT2D eigenvalue weighted by Crippen LogP contribution is -2.29. The van der Waals surface area contributed by atoms with Crippen molar-refractivity contribution in [3.8, 4) is 22.4 Å². The number of nitrogens with zero attached hydrogens (tertiary/aromatic N) is 7. The van der Waals surface area contributed by atoms with Gasteiger partial charge in [0.15, 0.2) is 0 Å². The Kier molecular flexibility index (Phi) is 8.08. The van der Waals surface area contributed by atoms with Crippen LogP contribution in [0, 0.1) is 6.92 Å². The van der Waals surface area contributed by atoms with Crippen molar-refractivity contribution >= 4 is 39.8 Å². The summed E-state index contributed by atoms with van der Waals surface area (Å²) in [5.74, 6) is 0.197. The zero-order valence-electron chi connectivity index (χ0n) is 25.0. The second-order valence-electron chi connectivity index (χ2n) is 10.8. The molecule has 10 nitrogen and oxygen atoms in total. The van der Waals surface area contributed by atoms with E-state index >= 15 is 0 Å². The Morgan fingerprint density at radius 1 is 1.02 bits per heavy atom. The van der Waals surface area contributed by atoms with Gasteiger partial charge in [-0.25, -0.2) is 9.97 Å². The van der Waals surface area contributed by atoms with Crippen LogP contribution in [0.1, 0.15) is 5.56 Å². The number of carbonyl (C=O) groups is 1. The van der Waals surface area contributed by atoms with E-state index in [0.29, 0.717) is 11.6 Å². The number of rotatable bonds is 10. The molecule has 0 radical (unpaired) electrons. The summed E-state index contributed by atoms with van der Waals surface area (Å²) in [4.78, 5) is 25.9. The first kappa shape index (κ1) is 28.6. The fraction of sp³-hybridized carbons (Fsp3) is 0.250. The van der Waals surface area contributed by atoms with Crippen molar-refractivity contribution < 1.29 is 4.79 Å². The van der Waals surface area contributed by atoms with Crippen molar-refractivity contribution in [2.75, 3.05) is 49.8 Å². The summed E-state index contributed by atoms with van der Waals surface area (Å²) in [6.07, 6.45) is 9.01. The minimum absolute atomic E-state index is 0.270. The first-order valence-corrected chi connectivity index (χ1v) is 13.8. The SMILES string of the molecule is C=CC(=O)Nc1cc(Nc2nccc(-c3cn(C)c4cc(-c5cnn(C)c5)ccc34)n2)c(C)cc1N(C)CCN(C)C. The molecule has 3 heterocycles. The van der Waals surface area contributed by atoms with Crippen LogP contribution >= 0.6 is 0 Å². The van der Waals surface area contributed by atoms with Crippen LogP contribution in [0.4, 0.5) is 23.0 Å². The Labute approximate surface area is 246 Å². The van der Waals surface area contributed by atoms with E-state index in [4.69, 9.17) is 4.98 Å². The zero-order valence-corrected chi connectivity index (χ0v) is 25.0. The molecule has 1 amide bonds. The monoisotopic (exact) mass is 563 g/mol. The molecular formula is C32H37N9O. The van der Waals surface area contributed by atoms with E-state index in [0.717, 1.165) is 63.3 Å².